The van der Waals surface area contributed by atoms with Crippen LogP contribution in [0.3, 0.4) is 0 Å². The van der Waals surface area contributed by atoms with Gasteiger partial charge < -0.3 is 24.8 Å². The van der Waals surface area contributed by atoms with Crippen LogP contribution in [0, 0.1) is 5.92 Å². The molecule has 30 heavy (non-hydrogen) atoms. The van der Waals surface area contributed by atoms with Gasteiger partial charge in [0.25, 0.3) is 0 Å². The van der Waals surface area contributed by atoms with E-state index in [1.54, 1.807) is 15.0 Å². The molecule has 0 aromatic carbocycles. The van der Waals surface area contributed by atoms with Crippen molar-refractivity contribution in [2.75, 3.05) is 0 Å². The van der Waals surface area contributed by atoms with Gasteiger partial charge in [-0.25, -0.2) is 0 Å². The smallest absolute Gasteiger partial charge is 1.00 e. The van der Waals surface area contributed by atoms with Crippen LogP contribution in [0.4, 0.5) is 0 Å². The van der Waals surface area contributed by atoms with Crippen molar-refractivity contribution in [1.29, 1.82) is 0 Å². The standard InChI is InChI=1S/C11H25OSi.C9H13.C4H10N.2ClH.Ti/c1-6-7-8-9-10-13(5)12-11(2,3)4;1-6-5-7(2)9(4)8(6)3;1-4(2,3)5;;;/h6-10H2,1-5H3;6H,1-4H3;5H,1-3H3;2*1H;/q;;-1;;;+3/p-2. The molecule has 0 aliphatic heterocycles. The second kappa shape index (κ2) is 13.0. The Bertz CT molecular complexity index is 607. The van der Waals surface area contributed by atoms with Crippen LogP contribution in [0.15, 0.2) is 20.6 Å². The van der Waals surface area contributed by atoms with E-state index in [-0.39, 0.29) is 36.0 Å². The predicted molar refractivity (Wildman–Crippen MR) is 125 cm³/mol. The number of rotatable bonds is 9. The summed E-state index contributed by atoms with van der Waals surface area (Å²) in [6, 6.07) is 1.30. The minimum absolute atomic E-state index is 0. The molecule has 2 unspecified atom stereocenters. The quantitative estimate of drug-likeness (QED) is 0.374. The SMILES string of the molecule is CCCCCC[Si](C)(OC(C)(C)C)[Ti+2]([NH]C(C)(C)C)[C]1=C(C)C(C)=C(C)C1C.[Cl-].[Cl-]. The van der Waals surface area contributed by atoms with E-state index in [4.69, 9.17) is 4.43 Å². The summed E-state index contributed by atoms with van der Waals surface area (Å²) in [5, 5.41) is 0. The van der Waals surface area contributed by atoms with Crippen LogP contribution in [0.2, 0.25) is 12.6 Å². The Morgan fingerprint density at radius 3 is 1.83 bits per heavy atom. The molecule has 0 aromatic heterocycles. The van der Waals surface area contributed by atoms with Crippen molar-refractivity contribution >= 4 is 6.18 Å². The van der Waals surface area contributed by atoms with E-state index in [0.717, 1.165) is 0 Å². The molecule has 0 saturated carbocycles. The monoisotopic (exact) mass is 512 g/mol. The van der Waals surface area contributed by atoms with E-state index < -0.39 is 23.6 Å². The molecule has 1 rings (SSSR count). The summed E-state index contributed by atoms with van der Waals surface area (Å²) in [7, 11) is 0. The van der Waals surface area contributed by atoms with Crippen molar-refractivity contribution < 1.29 is 46.6 Å². The van der Waals surface area contributed by atoms with E-state index in [1.807, 2.05) is 0 Å². The van der Waals surface area contributed by atoms with Crippen molar-refractivity contribution in [1.82, 2.24) is 3.80 Å². The summed E-state index contributed by atoms with van der Waals surface area (Å²) in [4.78, 5) is 0. The van der Waals surface area contributed by atoms with Crippen LogP contribution in [0.5, 0.6) is 0 Å². The maximum absolute atomic E-state index is 7.09. The summed E-state index contributed by atoms with van der Waals surface area (Å²) in [5.41, 5.74) is 4.73. The topological polar surface area (TPSA) is 21.3 Å². The van der Waals surface area contributed by atoms with Crippen LogP contribution >= 0.6 is 0 Å². The molecule has 2 atom stereocenters. The zero-order valence-corrected chi connectivity index (χ0v) is 25.9. The molecule has 0 spiro atoms. The Kier molecular flexibility index (Phi) is 14.3. The predicted octanol–water partition coefficient (Wildman–Crippen LogP) is 1.64. The van der Waals surface area contributed by atoms with Gasteiger partial charge in [-0.1, -0.05) is 0 Å². The third-order valence-electron chi connectivity index (χ3n) is 5.98. The summed E-state index contributed by atoms with van der Waals surface area (Å²) in [5.74, 6) is 0.580. The fourth-order valence-corrected chi connectivity index (χ4v) is 22.3. The third-order valence-corrected chi connectivity index (χ3v) is 21.3. The Balaban J connectivity index is 0. The van der Waals surface area contributed by atoms with Gasteiger partial charge in [0.2, 0.25) is 0 Å². The summed E-state index contributed by atoms with van der Waals surface area (Å²) in [6.07, 6.45) is 3.40. The summed E-state index contributed by atoms with van der Waals surface area (Å²) < 4.78 is 13.1. The molecule has 1 N–H and O–H groups in total. The van der Waals surface area contributed by atoms with E-state index in [1.165, 1.54) is 37.3 Å². The van der Waals surface area contributed by atoms with Crippen LogP contribution < -0.4 is 28.6 Å². The van der Waals surface area contributed by atoms with Gasteiger partial charge in [0, 0.05) is 0 Å². The molecule has 0 amide bonds. The van der Waals surface area contributed by atoms with Gasteiger partial charge >= 0.3 is 184 Å². The van der Waals surface area contributed by atoms with E-state index in [9.17, 15) is 0 Å². The van der Waals surface area contributed by atoms with Crippen molar-refractivity contribution in [2.24, 2.45) is 5.92 Å². The number of hydrogen-bond acceptors (Lipinski definition) is 2. The number of unbranched alkanes of at least 4 members (excludes halogenated alkanes) is 3. The van der Waals surface area contributed by atoms with Crippen LogP contribution in [-0.2, 0) is 21.8 Å². The molecule has 0 bridgehead atoms. The average molecular weight is 514 g/mol. The molecule has 0 heterocycles. The molecule has 6 heteroatoms. The molecule has 0 radical (unpaired) electrons. The maximum Gasteiger partial charge on any atom is -1.00 e. The Morgan fingerprint density at radius 2 is 1.47 bits per heavy atom. The van der Waals surface area contributed by atoms with Crippen molar-refractivity contribution in [3.05, 3.63) is 20.6 Å². The van der Waals surface area contributed by atoms with Gasteiger partial charge in [-0.2, -0.15) is 0 Å². The maximum atomic E-state index is 7.09. The van der Waals surface area contributed by atoms with Crippen molar-refractivity contribution in [3.63, 3.8) is 0 Å². The second-order valence-electron chi connectivity index (χ2n) is 11.1. The fraction of sp³-hybridized carbons (Fsp3) is 0.833. The van der Waals surface area contributed by atoms with Gasteiger partial charge in [0.05, 0.1) is 0 Å². The number of halogens is 2. The number of nitrogens with one attached hydrogen (secondary N) is 1. The number of allylic oxidation sites excluding steroid dienone is 4. The summed E-state index contributed by atoms with van der Waals surface area (Å²) >= 11 is -1.85. The number of hydrogen-bond donors (Lipinski definition) is 1. The zero-order valence-electron chi connectivity index (χ0n) is 21.8. The normalized spacial score (nSPS) is 19.4. The Morgan fingerprint density at radius 1 is 0.933 bits per heavy atom. The molecule has 2 nitrogen and oxygen atoms in total. The minimum Gasteiger partial charge on any atom is -1.00 e. The van der Waals surface area contributed by atoms with Gasteiger partial charge in [-0.3, -0.25) is 0 Å². The Labute approximate surface area is 207 Å². The van der Waals surface area contributed by atoms with E-state index in [2.05, 4.69) is 86.5 Å². The molecular weight excluding hydrogens is 465 g/mol. The van der Waals surface area contributed by atoms with Crippen molar-refractivity contribution in [2.45, 2.75) is 126 Å². The molecule has 0 fully saturated rings. The van der Waals surface area contributed by atoms with E-state index in [0.29, 0.717) is 5.92 Å². The largest absolute Gasteiger partial charge is 1.00 e. The van der Waals surface area contributed by atoms with Gasteiger partial charge in [-0.15, -0.1) is 0 Å². The second-order valence-corrected chi connectivity index (χ2v) is 23.7. The van der Waals surface area contributed by atoms with Gasteiger partial charge in [-0.05, 0) is 0 Å². The Hall–Kier alpha value is 0.911. The first-order valence-electron chi connectivity index (χ1n) is 11.4. The van der Waals surface area contributed by atoms with E-state index >= 15 is 0 Å². The molecule has 177 valence electrons. The third kappa shape index (κ3) is 9.41. The molecule has 1 aliphatic rings. The first-order chi connectivity index (χ1) is 12.6. The first kappa shape index (κ1) is 33.1. The zero-order chi connectivity index (χ0) is 21.9. The van der Waals surface area contributed by atoms with Gasteiger partial charge in [0.1, 0.15) is 0 Å². The van der Waals surface area contributed by atoms with Crippen LogP contribution in [0.25, 0.3) is 0 Å². The van der Waals surface area contributed by atoms with Gasteiger partial charge in [0.15, 0.2) is 0 Å². The molecule has 1 aliphatic carbocycles. The fourth-order valence-electron chi connectivity index (χ4n) is 4.42. The summed E-state index contributed by atoms with van der Waals surface area (Å²) in [6.45, 7) is 28.1. The van der Waals surface area contributed by atoms with Crippen molar-refractivity contribution in [3.8, 4) is 0 Å². The molecular formula is C24H48Cl2NOSiTi. The van der Waals surface area contributed by atoms with Crippen LogP contribution in [-0.4, -0.2) is 17.3 Å². The minimum atomic E-state index is -1.91. The average Bonchev–Trinajstić information content (AvgIpc) is 2.71. The first-order valence-corrected chi connectivity index (χ1v) is 17.9. The molecule has 0 saturated heterocycles. The van der Waals surface area contributed by atoms with Crippen LogP contribution in [0.1, 0.15) is 102 Å². The molecule has 0 aromatic rings.